The molecule has 1 aliphatic rings. The van der Waals surface area contributed by atoms with Gasteiger partial charge in [-0.3, -0.25) is 19.4 Å². The number of carboxylic acids is 1. The van der Waals surface area contributed by atoms with Gasteiger partial charge in [-0.2, -0.15) is 0 Å². The minimum Gasteiger partial charge on any atom is -0.480 e. The van der Waals surface area contributed by atoms with Crippen LogP contribution < -0.4 is 5.32 Å². The molecule has 0 aromatic carbocycles. The molecule has 1 aliphatic heterocycles. The lowest BCUT2D eigenvalue weighted by atomic mass is 10.1. The summed E-state index contributed by atoms with van der Waals surface area (Å²) >= 11 is 0. The van der Waals surface area contributed by atoms with Crippen LogP contribution in [0.1, 0.15) is 12.1 Å². The molecule has 0 spiro atoms. The van der Waals surface area contributed by atoms with Gasteiger partial charge in [-0.05, 0) is 12.1 Å². The number of rotatable bonds is 5. The Balaban J connectivity index is 1.90. The van der Waals surface area contributed by atoms with Crippen molar-refractivity contribution in [1.29, 1.82) is 0 Å². The molecule has 1 aromatic heterocycles. The number of hydrogen-bond acceptors (Lipinski definition) is 4. The fourth-order valence-electron chi connectivity index (χ4n) is 2.09. The van der Waals surface area contributed by atoms with Crippen LogP contribution >= 0.6 is 0 Å². The van der Waals surface area contributed by atoms with Crippen molar-refractivity contribution in [1.82, 2.24) is 15.2 Å². The Labute approximate surface area is 115 Å². The number of aliphatic carboxylic acids is 1. The molecule has 0 saturated carbocycles. The van der Waals surface area contributed by atoms with Gasteiger partial charge in [-0.25, -0.2) is 0 Å². The summed E-state index contributed by atoms with van der Waals surface area (Å²) in [4.78, 5) is 39.6. The van der Waals surface area contributed by atoms with Crippen LogP contribution in [0.25, 0.3) is 0 Å². The molecule has 2 amide bonds. The van der Waals surface area contributed by atoms with Gasteiger partial charge in [-0.1, -0.05) is 6.07 Å². The summed E-state index contributed by atoms with van der Waals surface area (Å²) in [6, 6.07) is 5.43. The highest BCUT2D eigenvalue weighted by atomic mass is 16.4. The number of amides is 2. The van der Waals surface area contributed by atoms with Gasteiger partial charge in [0.2, 0.25) is 11.8 Å². The van der Waals surface area contributed by atoms with E-state index in [0.29, 0.717) is 13.1 Å². The van der Waals surface area contributed by atoms with Crippen LogP contribution in [-0.4, -0.2) is 45.9 Å². The third-order valence-electron chi connectivity index (χ3n) is 3.08. The molecule has 0 aliphatic carbocycles. The van der Waals surface area contributed by atoms with Crippen molar-refractivity contribution in [2.24, 2.45) is 5.92 Å². The predicted molar refractivity (Wildman–Crippen MR) is 68.4 cm³/mol. The largest absolute Gasteiger partial charge is 0.480 e. The maximum atomic E-state index is 11.8. The van der Waals surface area contributed by atoms with Gasteiger partial charge >= 0.3 is 5.97 Å². The lowest BCUT2D eigenvalue weighted by molar-refractivity contribution is -0.138. The number of aromatic nitrogens is 1. The van der Waals surface area contributed by atoms with E-state index in [9.17, 15) is 14.4 Å². The molecule has 2 N–H and O–H groups in total. The summed E-state index contributed by atoms with van der Waals surface area (Å²) in [5.74, 6) is -2.12. The van der Waals surface area contributed by atoms with Crippen LogP contribution in [0.4, 0.5) is 0 Å². The average Bonchev–Trinajstić information content (AvgIpc) is 2.79. The molecule has 0 radical (unpaired) electrons. The third kappa shape index (κ3) is 3.53. The Morgan fingerprint density at radius 1 is 1.45 bits per heavy atom. The van der Waals surface area contributed by atoms with Crippen LogP contribution in [0.3, 0.4) is 0 Å². The fourth-order valence-corrected chi connectivity index (χ4v) is 2.09. The molecule has 0 bridgehead atoms. The van der Waals surface area contributed by atoms with Crippen molar-refractivity contribution in [2.75, 3.05) is 13.1 Å². The lowest BCUT2D eigenvalue weighted by Gasteiger charge is -2.15. The Morgan fingerprint density at radius 3 is 2.90 bits per heavy atom. The number of nitrogens with one attached hydrogen (secondary N) is 1. The van der Waals surface area contributed by atoms with Crippen LogP contribution in [0.2, 0.25) is 0 Å². The molecule has 7 heteroatoms. The topological polar surface area (TPSA) is 99.6 Å². The zero-order valence-electron chi connectivity index (χ0n) is 10.8. The number of likely N-dealkylation sites (tertiary alicyclic amines) is 1. The molecule has 20 heavy (non-hydrogen) atoms. The SMILES string of the molecule is O=C(O)CNC(=O)C1CC(=O)N(Cc2ccccn2)C1. The van der Waals surface area contributed by atoms with E-state index < -0.39 is 24.3 Å². The number of carbonyl (C=O) groups excluding carboxylic acids is 2. The summed E-state index contributed by atoms with van der Waals surface area (Å²) in [5, 5.41) is 10.8. The predicted octanol–water partition coefficient (Wildman–Crippen LogP) is -0.369. The Bertz CT molecular complexity index is 518. The number of hydrogen-bond donors (Lipinski definition) is 2. The van der Waals surface area contributed by atoms with Gasteiger partial charge in [0.05, 0.1) is 18.2 Å². The fraction of sp³-hybridized carbons (Fsp3) is 0.385. The molecular weight excluding hydrogens is 262 g/mol. The van der Waals surface area contributed by atoms with Gasteiger partial charge in [0, 0.05) is 19.2 Å². The summed E-state index contributed by atoms with van der Waals surface area (Å²) in [7, 11) is 0. The molecular formula is C13H15N3O4. The zero-order chi connectivity index (χ0) is 14.5. The summed E-state index contributed by atoms with van der Waals surface area (Å²) in [6.07, 6.45) is 1.76. The molecule has 1 saturated heterocycles. The molecule has 2 heterocycles. The summed E-state index contributed by atoms with van der Waals surface area (Å²) < 4.78 is 0. The molecule has 7 nitrogen and oxygen atoms in total. The molecule has 1 fully saturated rings. The van der Waals surface area contributed by atoms with Gasteiger partial charge in [0.1, 0.15) is 6.54 Å². The highest BCUT2D eigenvalue weighted by Gasteiger charge is 2.34. The van der Waals surface area contributed by atoms with Crippen LogP contribution in [-0.2, 0) is 20.9 Å². The Kier molecular flexibility index (Phi) is 4.29. The first kappa shape index (κ1) is 14.0. The van der Waals surface area contributed by atoms with E-state index in [-0.39, 0.29) is 12.3 Å². The highest BCUT2D eigenvalue weighted by Crippen LogP contribution is 2.19. The number of carbonyl (C=O) groups is 3. The summed E-state index contributed by atoms with van der Waals surface area (Å²) in [6.45, 7) is 0.229. The maximum absolute atomic E-state index is 11.8. The molecule has 1 aromatic rings. The minimum atomic E-state index is -1.10. The quantitative estimate of drug-likeness (QED) is 0.765. The first-order valence-electron chi connectivity index (χ1n) is 6.23. The lowest BCUT2D eigenvalue weighted by Crippen LogP contribution is -2.35. The van der Waals surface area contributed by atoms with Gasteiger partial charge in [0.15, 0.2) is 0 Å². The van der Waals surface area contributed by atoms with Crippen LogP contribution in [0.5, 0.6) is 0 Å². The van der Waals surface area contributed by atoms with Crippen LogP contribution in [0, 0.1) is 5.92 Å². The van der Waals surface area contributed by atoms with E-state index in [4.69, 9.17) is 5.11 Å². The second kappa shape index (κ2) is 6.14. The van der Waals surface area contributed by atoms with Gasteiger partial charge < -0.3 is 15.3 Å². The number of pyridine rings is 1. The molecule has 1 unspecified atom stereocenters. The van der Waals surface area contributed by atoms with Crippen LogP contribution in [0.15, 0.2) is 24.4 Å². The highest BCUT2D eigenvalue weighted by molar-refractivity contribution is 5.90. The van der Waals surface area contributed by atoms with Crippen molar-refractivity contribution >= 4 is 17.8 Å². The smallest absolute Gasteiger partial charge is 0.322 e. The maximum Gasteiger partial charge on any atom is 0.322 e. The van der Waals surface area contributed by atoms with E-state index in [2.05, 4.69) is 10.3 Å². The first-order chi connectivity index (χ1) is 9.56. The summed E-state index contributed by atoms with van der Waals surface area (Å²) in [5.41, 5.74) is 0.757. The Hall–Kier alpha value is -2.44. The van der Waals surface area contributed by atoms with Crippen molar-refractivity contribution in [3.63, 3.8) is 0 Å². The monoisotopic (exact) mass is 277 g/mol. The van der Waals surface area contributed by atoms with E-state index >= 15 is 0 Å². The van der Waals surface area contributed by atoms with E-state index in [0.717, 1.165) is 5.69 Å². The van der Waals surface area contributed by atoms with Crippen molar-refractivity contribution in [3.8, 4) is 0 Å². The first-order valence-corrected chi connectivity index (χ1v) is 6.23. The van der Waals surface area contributed by atoms with E-state index in [1.165, 1.54) is 0 Å². The van der Waals surface area contributed by atoms with Crippen molar-refractivity contribution < 1.29 is 19.5 Å². The van der Waals surface area contributed by atoms with Gasteiger partial charge in [-0.15, -0.1) is 0 Å². The zero-order valence-corrected chi connectivity index (χ0v) is 10.8. The second-order valence-corrected chi connectivity index (χ2v) is 4.61. The molecule has 2 rings (SSSR count). The third-order valence-corrected chi connectivity index (χ3v) is 3.08. The number of nitrogens with zero attached hydrogens (tertiary/aromatic N) is 2. The standard InChI is InChI=1S/C13H15N3O4/c17-11-5-9(13(20)15-6-12(18)19)7-16(11)8-10-3-1-2-4-14-10/h1-4,9H,5-8H2,(H,15,20)(H,18,19). The Morgan fingerprint density at radius 2 is 2.25 bits per heavy atom. The van der Waals surface area contributed by atoms with Gasteiger partial charge in [0.25, 0.3) is 0 Å². The van der Waals surface area contributed by atoms with Crippen molar-refractivity contribution in [3.05, 3.63) is 30.1 Å². The minimum absolute atomic E-state index is 0.109. The molecule has 106 valence electrons. The average molecular weight is 277 g/mol. The number of carboxylic acid groups (broad SMARTS) is 1. The normalized spacial score (nSPS) is 18.1. The van der Waals surface area contributed by atoms with Crippen molar-refractivity contribution in [2.45, 2.75) is 13.0 Å². The second-order valence-electron chi connectivity index (χ2n) is 4.61. The van der Waals surface area contributed by atoms with E-state index in [1.54, 1.807) is 17.2 Å². The van der Waals surface area contributed by atoms with E-state index in [1.807, 2.05) is 12.1 Å². The molecule has 1 atom stereocenters.